The van der Waals surface area contributed by atoms with Gasteiger partial charge in [0.05, 0.1) is 0 Å². The highest BCUT2D eigenvalue weighted by atomic mass is 32.1. The smallest absolute Gasteiger partial charge is 0.188 e. The second-order valence-electron chi connectivity index (χ2n) is 2.63. The first-order valence-corrected chi connectivity index (χ1v) is 5.40. The SMILES string of the molecule is CCNC(=S)N(CC)N(C)C(=S)NC. The van der Waals surface area contributed by atoms with E-state index in [0.29, 0.717) is 10.2 Å². The number of hydrazine groups is 1. The van der Waals surface area contributed by atoms with E-state index in [4.69, 9.17) is 24.4 Å². The van der Waals surface area contributed by atoms with E-state index in [9.17, 15) is 0 Å². The van der Waals surface area contributed by atoms with Crippen LogP contribution in [-0.2, 0) is 0 Å². The number of nitrogens with zero attached hydrogens (tertiary/aromatic N) is 2. The summed E-state index contributed by atoms with van der Waals surface area (Å²) in [5.41, 5.74) is 0. The Hall–Kier alpha value is -0.620. The maximum Gasteiger partial charge on any atom is 0.188 e. The predicted octanol–water partition coefficient (Wildman–Crippen LogP) is 0.554. The Labute approximate surface area is 96.6 Å². The predicted molar refractivity (Wildman–Crippen MR) is 68.1 cm³/mol. The van der Waals surface area contributed by atoms with Gasteiger partial charge in [-0.15, -0.1) is 0 Å². The summed E-state index contributed by atoms with van der Waals surface area (Å²) in [4.78, 5) is 0. The van der Waals surface area contributed by atoms with Crippen LogP contribution in [0.4, 0.5) is 0 Å². The lowest BCUT2D eigenvalue weighted by molar-refractivity contribution is 0.172. The molecule has 0 saturated carbocycles. The minimum Gasteiger partial charge on any atom is -0.364 e. The van der Waals surface area contributed by atoms with Crippen LogP contribution in [0.3, 0.4) is 0 Å². The maximum absolute atomic E-state index is 5.20. The molecule has 0 aromatic rings. The van der Waals surface area contributed by atoms with E-state index >= 15 is 0 Å². The summed E-state index contributed by atoms with van der Waals surface area (Å²) in [5, 5.41) is 11.0. The van der Waals surface area contributed by atoms with Crippen LogP contribution < -0.4 is 10.6 Å². The molecule has 0 atom stereocenters. The average Bonchev–Trinajstić information content (AvgIpc) is 2.18. The third-order valence-corrected chi connectivity index (χ3v) is 2.56. The van der Waals surface area contributed by atoms with Gasteiger partial charge < -0.3 is 10.6 Å². The number of thiocarbonyl (C=S) groups is 2. The second kappa shape index (κ2) is 6.78. The Morgan fingerprint density at radius 1 is 1.21 bits per heavy atom. The lowest BCUT2D eigenvalue weighted by Gasteiger charge is -2.34. The summed E-state index contributed by atoms with van der Waals surface area (Å²) in [6.45, 7) is 5.63. The second-order valence-corrected chi connectivity index (χ2v) is 3.40. The standard InChI is InChI=1S/C8H18N4S2/c1-5-10-8(14)12(6-2)11(4)7(13)9-3/h5-6H2,1-4H3,(H,9,13)(H,10,14). The van der Waals surface area contributed by atoms with Gasteiger partial charge in [0.1, 0.15) is 0 Å². The molecule has 0 bridgehead atoms. The van der Waals surface area contributed by atoms with Crippen molar-refractivity contribution in [3.05, 3.63) is 0 Å². The molecule has 0 aliphatic rings. The van der Waals surface area contributed by atoms with Crippen LogP contribution in [0.1, 0.15) is 13.8 Å². The number of hydrogen-bond donors (Lipinski definition) is 2. The van der Waals surface area contributed by atoms with Gasteiger partial charge in [0.15, 0.2) is 10.2 Å². The largest absolute Gasteiger partial charge is 0.364 e. The normalized spacial score (nSPS) is 9.14. The van der Waals surface area contributed by atoms with Gasteiger partial charge in [-0.3, -0.25) is 10.0 Å². The fraction of sp³-hybridized carbons (Fsp3) is 0.750. The fourth-order valence-electron chi connectivity index (χ4n) is 1.01. The highest BCUT2D eigenvalue weighted by Crippen LogP contribution is 1.96. The molecule has 0 amide bonds. The van der Waals surface area contributed by atoms with Crippen molar-refractivity contribution in [2.75, 3.05) is 27.2 Å². The van der Waals surface area contributed by atoms with Crippen LogP contribution >= 0.6 is 24.4 Å². The van der Waals surface area contributed by atoms with Crippen LogP contribution in [0.25, 0.3) is 0 Å². The fourth-order valence-corrected chi connectivity index (χ4v) is 1.50. The molecule has 14 heavy (non-hydrogen) atoms. The van der Waals surface area contributed by atoms with Crippen molar-refractivity contribution in [1.29, 1.82) is 0 Å². The quantitative estimate of drug-likeness (QED) is 0.536. The van der Waals surface area contributed by atoms with Crippen molar-refractivity contribution < 1.29 is 0 Å². The van der Waals surface area contributed by atoms with E-state index in [1.54, 1.807) is 7.05 Å². The van der Waals surface area contributed by atoms with Crippen molar-refractivity contribution in [2.45, 2.75) is 13.8 Å². The zero-order valence-corrected chi connectivity index (χ0v) is 10.8. The highest BCUT2D eigenvalue weighted by molar-refractivity contribution is 7.80. The Morgan fingerprint density at radius 3 is 2.14 bits per heavy atom. The van der Waals surface area contributed by atoms with Crippen LogP contribution in [0.2, 0.25) is 0 Å². The zero-order valence-electron chi connectivity index (χ0n) is 9.13. The van der Waals surface area contributed by atoms with Crippen LogP contribution in [0.5, 0.6) is 0 Å². The van der Waals surface area contributed by atoms with Gasteiger partial charge in [0.25, 0.3) is 0 Å². The van der Waals surface area contributed by atoms with Gasteiger partial charge in [-0.05, 0) is 38.3 Å². The van der Waals surface area contributed by atoms with Crippen molar-refractivity contribution >= 4 is 34.7 Å². The minimum absolute atomic E-state index is 0.645. The molecule has 0 spiro atoms. The molecule has 6 heteroatoms. The molecule has 0 fully saturated rings. The molecule has 0 aliphatic carbocycles. The van der Waals surface area contributed by atoms with Crippen molar-refractivity contribution in [2.24, 2.45) is 0 Å². The molecule has 0 radical (unpaired) electrons. The number of rotatable bonds is 2. The van der Waals surface area contributed by atoms with Gasteiger partial charge in [0.2, 0.25) is 0 Å². The molecule has 0 heterocycles. The average molecular weight is 234 g/mol. The molecule has 0 aliphatic heterocycles. The van der Waals surface area contributed by atoms with Crippen molar-refractivity contribution in [3.63, 3.8) is 0 Å². The summed E-state index contributed by atoms with van der Waals surface area (Å²) < 4.78 is 0. The van der Waals surface area contributed by atoms with Gasteiger partial charge in [-0.25, -0.2) is 0 Å². The van der Waals surface area contributed by atoms with Gasteiger partial charge in [-0.2, -0.15) is 0 Å². The first kappa shape index (κ1) is 13.4. The Bertz CT molecular complexity index is 208. The van der Waals surface area contributed by atoms with E-state index in [1.807, 2.05) is 30.9 Å². The van der Waals surface area contributed by atoms with E-state index in [0.717, 1.165) is 13.1 Å². The van der Waals surface area contributed by atoms with E-state index in [2.05, 4.69) is 10.6 Å². The van der Waals surface area contributed by atoms with Crippen LogP contribution in [0.15, 0.2) is 0 Å². The lowest BCUT2D eigenvalue weighted by atomic mass is 10.6. The van der Waals surface area contributed by atoms with E-state index in [-0.39, 0.29) is 0 Å². The van der Waals surface area contributed by atoms with E-state index < -0.39 is 0 Å². The molecule has 4 nitrogen and oxygen atoms in total. The summed E-state index contributed by atoms with van der Waals surface area (Å²) >= 11 is 10.3. The van der Waals surface area contributed by atoms with Gasteiger partial charge in [0, 0.05) is 27.2 Å². The third-order valence-electron chi connectivity index (χ3n) is 1.73. The van der Waals surface area contributed by atoms with Crippen LogP contribution in [0, 0.1) is 0 Å². The maximum atomic E-state index is 5.20. The molecule has 0 unspecified atom stereocenters. The lowest BCUT2D eigenvalue weighted by Crippen LogP contribution is -2.53. The topological polar surface area (TPSA) is 30.5 Å². The van der Waals surface area contributed by atoms with Crippen molar-refractivity contribution in [3.8, 4) is 0 Å². The Morgan fingerprint density at radius 2 is 1.79 bits per heavy atom. The molecule has 0 aromatic heterocycles. The first-order valence-electron chi connectivity index (χ1n) is 4.59. The summed E-state index contributed by atoms with van der Waals surface area (Å²) in [6, 6.07) is 0. The first-order chi connectivity index (χ1) is 6.58. The molecule has 2 N–H and O–H groups in total. The molecule has 82 valence electrons. The molecule has 0 rings (SSSR count). The number of hydrogen-bond acceptors (Lipinski definition) is 2. The summed E-state index contributed by atoms with van der Waals surface area (Å²) in [6.07, 6.45) is 0. The summed E-state index contributed by atoms with van der Waals surface area (Å²) in [7, 11) is 3.68. The van der Waals surface area contributed by atoms with Crippen molar-refractivity contribution in [1.82, 2.24) is 20.7 Å². The van der Waals surface area contributed by atoms with Gasteiger partial charge >= 0.3 is 0 Å². The molecular formula is C8H18N4S2. The minimum atomic E-state index is 0.645. The zero-order chi connectivity index (χ0) is 11.1. The van der Waals surface area contributed by atoms with Gasteiger partial charge in [-0.1, -0.05) is 0 Å². The molecular weight excluding hydrogens is 216 g/mol. The monoisotopic (exact) mass is 234 g/mol. The van der Waals surface area contributed by atoms with Crippen LogP contribution in [-0.4, -0.2) is 47.4 Å². The third kappa shape index (κ3) is 3.63. The Balaban J connectivity index is 4.39. The highest BCUT2D eigenvalue weighted by Gasteiger charge is 2.13. The summed E-state index contributed by atoms with van der Waals surface area (Å²) in [5.74, 6) is 0. The Kier molecular flexibility index (Phi) is 6.48. The molecule has 0 aromatic carbocycles. The number of nitrogens with one attached hydrogen (secondary N) is 2. The molecule has 0 saturated heterocycles. The van der Waals surface area contributed by atoms with E-state index in [1.165, 1.54) is 0 Å².